The summed E-state index contributed by atoms with van der Waals surface area (Å²) in [6.07, 6.45) is 1.26. The molecule has 0 amide bonds. The first-order valence-corrected chi connectivity index (χ1v) is 6.75. The third-order valence-corrected chi connectivity index (χ3v) is 4.07. The van der Waals surface area contributed by atoms with E-state index in [4.69, 9.17) is 4.74 Å². The van der Waals surface area contributed by atoms with Crippen LogP contribution >= 0.6 is 0 Å². The van der Waals surface area contributed by atoms with Crippen molar-refractivity contribution in [1.29, 1.82) is 0 Å². The molecular formula is C17H15FO3. The number of carboxylic acid groups (broad SMARTS) is 1. The van der Waals surface area contributed by atoms with Crippen LogP contribution in [0.2, 0.25) is 0 Å². The number of ether oxygens (including phenoxy) is 1. The first-order valence-electron chi connectivity index (χ1n) is 6.75. The van der Waals surface area contributed by atoms with Crippen LogP contribution < -0.4 is 4.74 Å². The molecule has 2 aromatic carbocycles. The molecule has 4 heteroatoms. The Morgan fingerprint density at radius 1 is 1.24 bits per heavy atom. The van der Waals surface area contributed by atoms with Crippen molar-refractivity contribution < 1.29 is 19.0 Å². The van der Waals surface area contributed by atoms with E-state index in [1.807, 2.05) is 0 Å². The van der Waals surface area contributed by atoms with Crippen molar-refractivity contribution in [2.45, 2.75) is 18.3 Å². The number of rotatable bonds is 4. The standard InChI is InChI=1S/C17H15FO3/c1-21-14-7-3-6-13(15(14)18)11-4-2-5-12(10-11)17(8-9-17)16(19)20/h2-7,10H,8-9H2,1H3,(H,19,20). The Bertz CT molecular complexity index is 705. The maximum atomic E-state index is 14.3. The summed E-state index contributed by atoms with van der Waals surface area (Å²) in [5.41, 5.74) is 1.02. The molecule has 0 spiro atoms. The molecule has 3 rings (SSSR count). The van der Waals surface area contributed by atoms with Crippen molar-refractivity contribution in [2.24, 2.45) is 0 Å². The van der Waals surface area contributed by atoms with Crippen molar-refractivity contribution >= 4 is 5.97 Å². The molecule has 1 aliphatic carbocycles. The average molecular weight is 286 g/mol. The lowest BCUT2D eigenvalue weighted by atomic mass is 9.92. The molecule has 0 atom stereocenters. The molecule has 0 radical (unpaired) electrons. The van der Waals surface area contributed by atoms with E-state index in [0.717, 1.165) is 5.56 Å². The Morgan fingerprint density at radius 3 is 2.57 bits per heavy atom. The zero-order valence-corrected chi connectivity index (χ0v) is 11.6. The second kappa shape index (κ2) is 4.88. The van der Waals surface area contributed by atoms with Gasteiger partial charge in [0.05, 0.1) is 12.5 Å². The highest BCUT2D eigenvalue weighted by atomic mass is 19.1. The third kappa shape index (κ3) is 2.17. The van der Waals surface area contributed by atoms with Crippen LogP contribution in [0.4, 0.5) is 4.39 Å². The molecule has 21 heavy (non-hydrogen) atoms. The third-order valence-electron chi connectivity index (χ3n) is 4.07. The van der Waals surface area contributed by atoms with E-state index < -0.39 is 17.2 Å². The molecule has 3 nitrogen and oxygen atoms in total. The predicted octanol–water partition coefficient (Wildman–Crippen LogP) is 3.62. The van der Waals surface area contributed by atoms with Gasteiger partial charge >= 0.3 is 5.97 Å². The van der Waals surface area contributed by atoms with Gasteiger partial charge < -0.3 is 9.84 Å². The minimum absolute atomic E-state index is 0.178. The topological polar surface area (TPSA) is 46.5 Å². The van der Waals surface area contributed by atoms with Crippen LogP contribution in [0.15, 0.2) is 42.5 Å². The number of carboxylic acids is 1. The molecule has 0 unspecified atom stereocenters. The van der Waals surface area contributed by atoms with Gasteiger partial charge in [-0.1, -0.05) is 30.3 Å². The minimum Gasteiger partial charge on any atom is -0.494 e. The minimum atomic E-state index is -0.814. The average Bonchev–Trinajstić information content (AvgIpc) is 3.29. The van der Waals surface area contributed by atoms with Crippen LogP contribution in [0.1, 0.15) is 18.4 Å². The summed E-state index contributed by atoms with van der Waals surface area (Å²) < 4.78 is 19.3. The van der Waals surface area contributed by atoms with Crippen molar-refractivity contribution in [1.82, 2.24) is 0 Å². The Morgan fingerprint density at radius 2 is 1.95 bits per heavy atom. The van der Waals surface area contributed by atoms with E-state index >= 15 is 0 Å². The highest BCUT2D eigenvalue weighted by Gasteiger charge is 2.51. The van der Waals surface area contributed by atoms with E-state index in [9.17, 15) is 14.3 Å². The lowest BCUT2D eigenvalue weighted by Gasteiger charge is -2.13. The molecule has 108 valence electrons. The van der Waals surface area contributed by atoms with Crippen LogP contribution in [-0.2, 0) is 10.2 Å². The van der Waals surface area contributed by atoms with Crippen LogP contribution in [0, 0.1) is 5.82 Å². The number of halogens is 1. The van der Waals surface area contributed by atoms with Crippen molar-refractivity contribution in [3.8, 4) is 16.9 Å². The maximum absolute atomic E-state index is 14.3. The highest BCUT2D eigenvalue weighted by molar-refractivity contribution is 5.85. The Balaban J connectivity index is 2.07. The fraction of sp³-hybridized carbons (Fsp3) is 0.235. The SMILES string of the molecule is COc1cccc(-c2cccc(C3(C(=O)O)CC3)c2)c1F. The number of benzene rings is 2. The van der Waals surface area contributed by atoms with Crippen molar-refractivity contribution in [2.75, 3.05) is 7.11 Å². The molecule has 0 saturated heterocycles. The monoisotopic (exact) mass is 286 g/mol. The molecule has 1 saturated carbocycles. The number of aliphatic carboxylic acids is 1. The first-order chi connectivity index (χ1) is 10.1. The molecule has 1 aliphatic rings. The second-order valence-corrected chi connectivity index (χ2v) is 5.29. The van der Waals surface area contributed by atoms with Crippen molar-refractivity contribution in [3.05, 3.63) is 53.8 Å². The summed E-state index contributed by atoms with van der Waals surface area (Å²) in [4.78, 5) is 11.4. The van der Waals surface area contributed by atoms with Gasteiger partial charge in [-0.15, -0.1) is 0 Å². The van der Waals surface area contributed by atoms with Gasteiger partial charge in [-0.25, -0.2) is 4.39 Å². The lowest BCUT2D eigenvalue weighted by Crippen LogP contribution is -2.19. The van der Waals surface area contributed by atoms with Crippen LogP contribution in [0.25, 0.3) is 11.1 Å². The van der Waals surface area contributed by atoms with E-state index in [0.29, 0.717) is 24.0 Å². The predicted molar refractivity (Wildman–Crippen MR) is 76.9 cm³/mol. The molecule has 1 N–H and O–H groups in total. The zero-order chi connectivity index (χ0) is 15.0. The van der Waals surface area contributed by atoms with E-state index in [1.54, 1.807) is 42.5 Å². The molecular weight excluding hydrogens is 271 g/mol. The molecule has 0 aliphatic heterocycles. The fourth-order valence-electron chi connectivity index (χ4n) is 2.63. The van der Waals surface area contributed by atoms with Gasteiger partial charge in [0.15, 0.2) is 11.6 Å². The number of hydrogen-bond donors (Lipinski definition) is 1. The number of hydrogen-bond acceptors (Lipinski definition) is 2. The van der Waals surface area contributed by atoms with Gasteiger partial charge in [-0.3, -0.25) is 4.79 Å². The quantitative estimate of drug-likeness (QED) is 0.933. The first kappa shape index (κ1) is 13.6. The molecule has 0 bridgehead atoms. The number of methoxy groups -OCH3 is 1. The zero-order valence-electron chi connectivity index (χ0n) is 11.6. The highest BCUT2D eigenvalue weighted by Crippen LogP contribution is 2.49. The van der Waals surface area contributed by atoms with Gasteiger partial charge in [0.2, 0.25) is 0 Å². The van der Waals surface area contributed by atoms with Crippen LogP contribution in [-0.4, -0.2) is 18.2 Å². The summed E-state index contributed by atoms with van der Waals surface area (Å²) in [7, 11) is 1.42. The molecule has 2 aromatic rings. The normalized spacial score (nSPS) is 15.5. The summed E-state index contributed by atoms with van der Waals surface area (Å²) in [5, 5.41) is 9.36. The van der Waals surface area contributed by atoms with Crippen LogP contribution in [0.5, 0.6) is 5.75 Å². The van der Waals surface area contributed by atoms with Gasteiger partial charge in [-0.2, -0.15) is 0 Å². The molecule has 1 fully saturated rings. The molecule has 0 aromatic heterocycles. The summed E-state index contributed by atoms with van der Waals surface area (Å²) in [6.45, 7) is 0. The summed E-state index contributed by atoms with van der Waals surface area (Å²) in [6, 6.07) is 12.0. The lowest BCUT2D eigenvalue weighted by molar-refractivity contribution is -0.140. The summed E-state index contributed by atoms with van der Waals surface area (Å²) in [5.74, 6) is -1.07. The van der Waals surface area contributed by atoms with Gasteiger partial charge in [-0.05, 0) is 36.1 Å². The largest absolute Gasteiger partial charge is 0.494 e. The van der Waals surface area contributed by atoms with Gasteiger partial charge in [0.25, 0.3) is 0 Å². The number of carbonyl (C=O) groups is 1. The van der Waals surface area contributed by atoms with Crippen molar-refractivity contribution in [3.63, 3.8) is 0 Å². The van der Waals surface area contributed by atoms with E-state index in [2.05, 4.69) is 0 Å². The molecule has 0 heterocycles. The Kier molecular flexibility index (Phi) is 3.16. The van der Waals surface area contributed by atoms with Crippen LogP contribution in [0.3, 0.4) is 0 Å². The van der Waals surface area contributed by atoms with Gasteiger partial charge in [0.1, 0.15) is 0 Å². The van der Waals surface area contributed by atoms with Gasteiger partial charge in [0, 0.05) is 5.56 Å². The summed E-state index contributed by atoms with van der Waals surface area (Å²) >= 11 is 0. The maximum Gasteiger partial charge on any atom is 0.314 e. The Labute approximate surface area is 122 Å². The second-order valence-electron chi connectivity index (χ2n) is 5.29. The Hall–Kier alpha value is -2.36. The smallest absolute Gasteiger partial charge is 0.314 e. The fourth-order valence-corrected chi connectivity index (χ4v) is 2.63. The van der Waals surface area contributed by atoms with E-state index in [1.165, 1.54) is 7.11 Å². The van der Waals surface area contributed by atoms with E-state index in [-0.39, 0.29) is 5.75 Å².